The number of benzene rings is 3. The fourth-order valence-corrected chi connectivity index (χ4v) is 3.02. The highest BCUT2D eigenvalue weighted by atomic mass is 16.5. The van der Waals surface area contributed by atoms with Crippen molar-refractivity contribution in [1.29, 1.82) is 0 Å². The van der Waals surface area contributed by atoms with Gasteiger partial charge in [0.05, 0.1) is 23.7 Å². The van der Waals surface area contributed by atoms with Gasteiger partial charge in [0.1, 0.15) is 17.3 Å². The molecule has 28 heavy (non-hydrogen) atoms. The molecular weight excluding hydrogens is 352 g/mol. The molecule has 0 aliphatic rings. The van der Waals surface area contributed by atoms with Gasteiger partial charge in [-0.05, 0) is 48.0 Å². The average molecular weight is 370 g/mol. The fourth-order valence-electron chi connectivity index (χ4n) is 3.02. The van der Waals surface area contributed by atoms with Crippen molar-refractivity contribution in [2.75, 3.05) is 7.11 Å². The van der Waals surface area contributed by atoms with Crippen LogP contribution in [0.3, 0.4) is 0 Å². The summed E-state index contributed by atoms with van der Waals surface area (Å²) in [6.07, 6.45) is 3.65. The monoisotopic (exact) mass is 370 g/mol. The zero-order chi connectivity index (χ0) is 19.5. The Hall–Kier alpha value is -3.86. The van der Waals surface area contributed by atoms with Crippen LogP contribution in [-0.2, 0) is 0 Å². The zero-order valence-corrected chi connectivity index (χ0v) is 15.2. The molecule has 0 atom stereocenters. The van der Waals surface area contributed by atoms with Crippen molar-refractivity contribution in [3.63, 3.8) is 0 Å². The molecule has 5 heteroatoms. The number of ether oxygens (including phenoxy) is 1. The van der Waals surface area contributed by atoms with Gasteiger partial charge in [-0.3, -0.25) is 9.36 Å². The summed E-state index contributed by atoms with van der Waals surface area (Å²) in [6.45, 7) is 0. The zero-order valence-electron chi connectivity index (χ0n) is 15.2. The molecule has 5 nitrogen and oxygen atoms in total. The highest BCUT2D eigenvalue weighted by Gasteiger charge is 2.11. The second-order valence-electron chi connectivity index (χ2n) is 6.25. The van der Waals surface area contributed by atoms with Gasteiger partial charge in [0.2, 0.25) is 0 Å². The van der Waals surface area contributed by atoms with E-state index in [2.05, 4.69) is 4.98 Å². The summed E-state index contributed by atoms with van der Waals surface area (Å²) in [4.78, 5) is 17.9. The summed E-state index contributed by atoms with van der Waals surface area (Å²) in [5, 5.41) is 9.99. The molecular formula is C23H18N2O3. The van der Waals surface area contributed by atoms with Crippen molar-refractivity contribution < 1.29 is 9.84 Å². The van der Waals surface area contributed by atoms with Gasteiger partial charge in [-0.1, -0.05) is 36.4 Å². The van der Waals surface area contributed by atoms with Gasteiger partial charge in [0.25, 0.3) is 5.56 Å². The highest BCUT2D eigenvalue weighted by Crippen LogP contribution is 2.19. The van der Waals surface area contributed by atoms with E-state index in [-0.39, 0.29) is 11.3 Å². The lowest BCUT2D eigenvalue weighted by molar-refractivity contribution is 0.414. The first-order chi connectivity index (χ1) is 13.7. The molecule has 0 saturated carbocycles. The second kappa shape index (κ2) is 7.40. The minimum absolute atomic E-state index is 0.149. The molecule has 0 amide bonds. The summed E-state index contributed by atoms with van der Waals surface area (Å²) in [7, 11) is 1.59. The Morgan fingerprint density at radius 1 is 0.964 bits per heavy atom. The van der Waals surface area contributed by atoms with Crippen LogP contribution in [0.2, 0.25) is 0 Å². The number of phenolic OH excluding ortho intramolecular Hbond substituents is 1. The van der Waals surface area contributed by atoms with Crippen LogP contribution in [-0.4, -0.2) is 21.8 Å². The van der Waals surface area contributed by atoms with Gasteiger partial charge in [0.15, 0.2) is 0 Å². The molecule has 1 aromatic heterocycles. The van der Waals surface area contributed by atoms with Crippen LogP contribution in [0.5, 0.6) is 11.5 Å². The number of hydrogen-bond acceptors (Lipinski definition) is 4. The predicted molar refractivity (Wildman–Crippen MR) is 111 cm³/mol. The Morgan fingerprint density at radius 2 is 1.75 bits per heavy atom. The highest BCUT2D eigenvalue weighted by molar-refractivity contribution is 5.80. The third-order valence-corrected chi connectivity index (χ3v) is 4.43. The Balaban J connectivity index is 1.92. The minimum Gasteiger partial charge on any atom is -0.508 e. The number of para-hydroxylation sites is 1. The van der Waals surface area contributed by atoms with Crippen LogP contribution in [0.4, 0.5) is 0 Å². The summed E-state index contributed by atoms with van der Waals surface area (Å²) in [6, 6.07) is 21.4. The van der Waals surface area contributed by atoms with Crippen molar-refractivity contribution in [3.05, 3.63) is 94.5 Å². The van der Waals surface area contributed by atoms with E-state index in [0.29, 0.717) is 28.2 Å². The van der Waals surface area contributed by atoms with Crippen molar-refractivity contribution in [1.82, 2.24) is 9.55 Å². The normalized spacial score (nSPS) is 11.2. The van der Waals surface area contributed by atoms with Crippen molar-refractivity contribution in [3.8, 4) is 17.2 Å². The number of nitrogens with zero attached hydrogens (tertiary/aromatic N) is 2. The van der Waals surface area contributed by atoms with Gasteiger partial charge in [-0.2, -0.15) is 0 Å². The molecule has 1 heterocycles. The van der Waals surface area contributed by atoms with E-state index in [0.717, 1.165) is 5.56 Å². The third kappa shape index (κ3) is 3.38. The molecule has 4 rings (SSSR count). The van der Waals surface area contributed by atoms with Crippen molar-refractivity contribution in [2.24, 2.45) is 0 Å². The van der Waals surface area contributed by atoms with E-state index in [1.54, 1.807) is 54.2 Å². The van der Waals surface area contributed by atoms with E-state index in [4.69, 9.17) is 4.74 Å². The molecule has 0 aliphatic carbocycles. The van der Waals surface area contributed by atoms with Crippen LogP contribution >= 0.6 is 0 Å². The quantitative estimate of drug-likeness (QED) is 0.583. The van der Waals surface area contributed by atoms with Crippen LogP contribution < -0.4 is 10.3 Å². The molecule has 0 spiro atoms. The number of aromatic nitrogens is 2. The Kier molecular flexibility index (Phi) is 4.64. The predicted octanol–water partition coefficient (Wildman–Crippen LogP) is 4.27. The van der Waals surface area contributed by atoms with Crippen molar-refractivity contribution >= 4 is 23.1 Å². The fraction of sp³-hybridized carbons (Fsp3) is 0.0435. The molecule has 0 saturated heterocycles. The third-order valence-electron chi connectivity index (χ3n) is 4.43. The maximum absolute atomic E-state index is 13.2. The van der Waals surface area contributed by atoms with Gasteiger partial charge in [-0.15, -0.1) is 0 Å². The van der Waals surface area contributed by atoms with Crippen LogP contribution in [0.15, 0.2) is 77.6 Å². The van der Waals surface area contributed by atoms with Gasteiger partial charge < -0.3 is 9.84 Å². The van der Waals surface area contributed by atoms with E-state index in [9.17, 15) is 9.90 Å². The molecule has 138 valence electrons. The number of methoxy groups -OCH3 is 1. The number of hydrogen-bond donors (Lipinski definition) is 1. The summed E-state index contributed by atoms with van der Waals surface area (Å²) < 4.78 is 6.88. The number of rotatable bonds is 4. The number of aromatic hydroxyl groups is 1. The molecule has 0 radical (unpaired) electrons. The molecule has 0 aliphatic heterocycles. The first kappa shape index (κ1) is 17.5. The van der Waals surface area contributed by atoms with Gasteiger partial charge >= 0.3 is 0 Å². The maximum Gasteiger partial charge on any atom is 0.266 e. The summed E-state index contributed by atoms with van der Waals surface area (Å²) >= 11 is 0. The Morgan fingerprint density at radius 3 is 2.54 bits per heavy atom. The number of phenols is 1. The standard InChI is InChI=1S/C23H18N2O3/c1-28-19-6-4-5-17(15-19)25-22(14-11-16-9-12-18(26)13-10-16)24-21-8-3-2-7-20(21)23(25)27/h2-15,26H,1H3/b14-11+. The first-order valence-corrected chi connectivity index (χ1v) is 8.79. The maximum atomic E-state index is 13.2. The van der Waals surface area contributed by atoms with E-state index < -0.39 is 0 Å². The van der Waals surface area contributed by atoms with Crippen LogP contribution in [0.25, 0.3) is 28.7 Å². The first-order valence-electron chi connectivity index (χ1n) is 8.79. The molecule has 1 N–H and O–H groups in total. The summed E-state index contributed by atoms with van der Waals surface area (Å²) in [5.41, 5.74) is 2.05. The second-order valence-corrected chi connectivity index (χ2v) is 6.25. The smallest absolute Gasteiger partial charge is 0.266 e. The van der Waals surface area contributed by atoms with Gasteiger partial charge in [-0.25, -0.2) is 4.98 Å². The van der Waals surface area contributed by atoms with Crippen molar-refractivity contribution in [2.45, 2.75) is 0 Å². The molecule has 3 aromatic carbocycles. The Labute approximate surface area is 161 Å². The van der Waals surface area contributed by atoms with Crippen LogP contribution in [0, 0.1) is 0 Å². The molecule has 0 fully saturated rings. The minimum atomic E-state index is -0.149. The average Bonchev–Trinajstić information content (AvgIpc) is 2.73. The van der Waals surface area contributed by atoms with E-state index in [1.807, 2.05) is 42.5 Å². The molecule has 0 bridgehead atoms. The SMILES string of the molecule is COc1cccc(-n2c(/C=C/c3ccc(O)cc3)nc3ccccc3c2=O)c1. The largest absolute Gasteiger partial charge is 0.508 e. The van der Waals surface area contributed by atoms with E-state index in [1.165, 1.54) is 0 Å². The van der Waals surface area contributed by atoms with E-state index >= 15 is 0 Å². The lowest BCUT2D eigenvalue weighted by Crippen LogP contribution is -2.22. The Bertz CT molecular complexity index is 1220. The van der Waals surface area contributed by atoms with Crippen LogP contribution in [0.1, 0.15) is 11.4 Å². The number of fused-ring (bicyclic) bond motifs is 1. The summed E-state index contributed by atoms with van der Waals surface area (Å²) in [5.74, 6) is 1.37. The lowest BCUT2D eigenvalue weighted by atomic mass is 10.2. The van der Waals surface area contributed by atoms with Gasteiger partial charge in [0, 0.05) is 6.07 Å². The molecule has 0 unspecified atom stereocenters. The topological polar surface area (TPSA) is 64.3 Å². The molecule has 4 aromatic rings. The lowest BCUT2D eigenvalue weighted by Gasteiger charge is -2.12.